The lowest BCUT2D eigenvalue weighted by atomic mass is 9.97. The van der Waals surface area contributed by atoms with Gasteiger partial charge in [-0.25, -0.2) is 4.79 Å². The molecule has 1 N–H and O–H groups in total. The predicted octanol–water partition coefficient (Wildman–Crippen LogP) is 3.94. The molecule has 4 heteroatoms. The van der Waals surface area contributed by atoms with E-state index in [1.165, 1.54) is 38.2 Å². The van der Waals surface area contributed by atoms with E-state index in [1.54, 1.807) is 0 Å². The Morgan fingerprint density at radius 1 is 1.08 bits per heavy atom. The predicted molar refractivity (Wildman–Crippen MR) is 99.6 cm³/mol. The van der Waals surface area contributed by atoms with E-state index in [9.17, 15) is 4.79 Å². The molecular formula is C21H21N2O2+. The summed E-state index contributed by atoms with van der Waals surface area (Å²) in [5.41, 5.74) is 4.80. The van der Waals surface area contributed by atoms with Crippen molar-refractivity contribution in [2.45, 2.75) is 27.3 Å². The van der Waals surface area contributed by atoms with Gasteiger partial charge in [-0.15, -0.1) is 0 Å². The van der Waals surface area contributed by atoms with Gasteiger partial charge < -0.3 is 9.72 Å². The van der Waals surface area contributed by atoms with E-state index in [0.717, 1.165) is 5.52 Å². The minimum Gasteiger partial charge on any atom is -0.461 e. The van der Waals surface area contributed by atoms with Gasteiger partial charge in [-0.05, 0) is 43.4 Å². The van der Waals surface area contributed by atoms with Gasteiger partial charge in [0.05, 0.1) is 12.1 Å². The highest BCUT2D eigenvalue weighted by atomic mass is 16.5. The molecule has 2 aromatic carbocycles. The summed E-state index contributed by atoms with van der Waals surface area (Å²) >= 11 is 0. The van der Waals surface area contributed by atoms with Crippen LogP contribution in [-0.2, 0) is 16.1 Å². The summed E-state index contributed by atoms with van der Waals surface area (Å²) in [5.74, 6) is -0.214. The highest BCUT2D eigenvalue weighted by Gasteiger charge is 2.17. The van der Waals surface area contributed by atoms with Gasteiger partial charge in [-0.2, -0.15) is 4.57 Å². The largest absolute Gasteiger partial charge is 0.461 e. The van der Waals surface area contributed by atoms with Gasteiger partial charge in [0.2, 0.25) is 6.54 Å². The van der Waals surface area contributed by atoms with Crippen LogP contribution in [0.2, 0.25) is 0 Å². The van der Waals surface area contributed by atoms with E-state index in [2.05, 4.69) is 55.4 Å². The maximum absolute atomic E-state index is 11.8. The molecule has 0 fully saturated rings. The zero-order chi connectivity index (χ0) is 17.6. The number of carbonyl (C=O) groups excluding carboxylic acids is 1. The average Bonchev–Trinajstić information content (AvgIpc) is 3.00. The number of nitrogens with zero attached hydrogens (tertiary/aromatic N) is 1. The Balaban J connectivity index is 1.98. The zero-order valence-electron chi connectivity index (χ0n) is 14.7. The second kappa shape index (κ2) is 5.88. The highest BCUT2D eigenvalue weighted by Crippen LogP contribution is 2.35. The lowest BCUT2D eigenvalue weighted by Crippen LogP contribution is -2.38. The van der Waals surface area contributed by atoms with Gasteiger partial charge in [0.1, 0.15) is 0 Å². The van der Waals surface area contributed by atoms with Crippen molar-refractivity contribution in [1.29, 1.82) is 0 Å². The summed E-state index contributed by atoms with van der Waals surface area (Å²) in [4.78, 5) is 15.4. The maximum atomic E-state index is 11.8. The molecule has 4 rings (SSSR count). The molecular weight excluding hydrogens is 312 g/mol. The number of aromatic nitrogens is 2. The van der Waals surface area contributed by atoms with Crippen molar-refractivity contribution in [3.8, 4) is 0 Å². The first kappa shape index (κ1) is 15.6. The fourth-order valence-electron chi connectivity index (χ4n) is 3.70. The van der Waals surface area contributed by atoms with E-state index < -0.39 is 0 Å². The molecule has 4 aromatic rings. The van der Waals surface area contributed by atoms with Gasteiger partial charge in [0, 0.05) is 27.7 Å². The summed E-state index contributed by atoms with van der Waals surface area (Å²) in [6.45, 7) is 6.76. The molecule has 0 radical (unpaired) electrons. The number of esters is 1. The van der Waals surface area contributed by atoms with E-state index in [0.29, 0.717) is 6.61 Å². The fourth-order valence-corrected chi connectivity index (χ4v) is 3.70. The third-order valence-corrected chi connectivity index (χ3v) is 4.90. The van der Waals surface area contributed by atoms with Crippen molar-refractivity contribution < 1.29 is 14.1 Å². The topological polar surface area (TPSA) is 46.0 Å². The van der Waals surface area contributed by atoms with Crippen LogP contribution in [0.25, 0.3) is 32.6 Å². The molecule has 0 saturated heterocycles. The molecule has 0 aliphatic heterocycles. The van der Waals surface area contributed by atoms with Gasteiger partial charge in [0.25, 0.3) is 0 Å². The van der Waals surface area contributed by atoms with Crippen molar-refractivity contribution in [2.24, 2.45) is 0 Å². The van der Waals surface area contributed by atoms with Crippen LogP contribution in [0.3, 0.4) is 0 Å². The third kappa shape index (κ3) is 2.45. The number of carbonyl (C=O) groups is 1. The Kier molecular flexibility index (Phi) is 3.68. The summed E-state index contributed by atoms with van der Waals surface area (Å²) in [7, 11) is 0. The standard InChI is InChI=1S/C21H20N2O2/c1-4-25-19(24)12-23-10-9-15-14(3)21-20(13(2)17(15)11-23)16-7-5-6-8-18(16)22-21/h5-11H,4,12H2,1-3H3/p+1. The lowest BCUT2D eigenvalue weighted by molar-refractivity contribution is -0.684. The number of aryl methyl sites for hydroxylation is 2. The SMILES string of the molecule is CCOC(=O)C[n+]1ccc2c(C)c3[nH]c4ccccc4c3c(C)c2c1. The smallest absolute Gasteiger partial charge is 0.372 e. The van der Waals surface area contributed by atoms with E-state index in [1.807, 2.05) is 17.7 Å². The van der Waals surface area contributed by atoms with E-state index in [-0.39, 0.29) is 12.5 Å². The molecule has 2 heterocycles. The molecule has 0 amide bonds. The van der Waals surface area contributed by atoms with Crippen molar-refractivity contribution in [3.05, 3.63) is 53.9 Å². The maximum Gasteiger partial charge on any atom is 0.372 e. The zero-order valence-corrected chi connectivity index (χ0v) is 14.7. The third-order valence-electron chi connectivity index (χ3n) is 4.90. The second-order valence-corrected chi connectivity index (χ2v) is 6.42. The normalized spacial score (nSPS) is 11.5. The molecule has 0 aliphatic carbocycles. The molecule has 25 heavy (non-hydrogen) atoms. The fraction of sp³-hybridized carbons (Fsp3) is 0.238. The lowest BCUT2D eigenvalue weighted by Gasteiger charge is -2.08. The average molecular weight is 333 g/mol. The van der Waals surface area contributed by atoms with Crippen molar-refractivity contribution in [2.75, 3.05) is 6.61 Å². The summed E-state index contributed by atoms with van der Waals surface area (Å²) in [5, 5.41) is 4.87. The summed E-state index contributed by atoms with van der Waals surface area (Å²) in [6.07, 6.45) is 4.00. The Morgan fingerprint density at radius 2 is 1.88 bits per heavy atom. The number of para-hydroxylation sites is 1. The molecule has 2 aromatic heterocycles. The highest BCUT2D eigenvalue weighted by molar-refractivity contribution is 6.16. The van der Waals surface area contributed by atoms with Gasteiger partial charge in [-0.3, -0.25) is 0 Å². The number of rotatable bonds is 3. The number of aromatic amines is 1. The molecule has 0 bridgehead atoms. The van der Waals surface area contributed by atoms with Crippen LogP contribution in [-0.4, -0.2) is 17.6 Å². The van der Waals surface area contributed by atoms with Crippen LogP contribution in [0.5, 0.6) is 0 Å². The number of benzene rings is 2. The second-order valence-electron chi connectivity index (χ2n) is 6.42. The number of nitrogens with one attached hydrogen (secondary N) is 1. The van der Waals surface area contributed by atoms with Gasteiger partial charge in [0.15, 0.2) is 12.4 Å². The number of ether oxygens (including phenoxy) is 1. The number of pyridine rings is 1. The van der Waals surface area contributed by atoms with Crippen LogP contribution in [0, 0.1) is 13.8 Å². The first-order chi connectivity index (χ1) is 12.1. The molecule has 0 aliphatic rings. The minimum absolute atomic E-state index is 0.214. The number of hydrogen-bond donors (Lipinski definition) is 1. The Bertz CT molecular complexity index is 1130. The Hall–Kier alpha value is -2.88. The van der Waals surface area contributed by atoms with Crippen LogP contribution < -0.4 is 4.57 Å². The van der Waals surface area contributed by atoms with Crippen LogP contribution in [0.4, 0.5) is 0 Å². The molecule has 0 saturated carbocycles. The molecule has 0 spiro atoms. The number of fused-ring (bicyclic) bond motifs is 4. The molecule has 0 atom stereocenters. The minimum atomic E-state index is -0.214. The van der Waals surface area contributed by atoms with Crippen LogP contribution >= 0.6 is 0 Å². The van der Waals surface area contributed by atoms with Crippen molar-refractivity contribution in [3.63, 3.8) is 0 Å². The molecule has 4 nitrogen and oxygen atoms in total. The quantitative estimate of drug-likeness (QED) is 0.456. The number of H-pyrrole nitrogens is 1. The van der Waals surface area contributed by atoms with Crippen molar-refractivity contribution in [1.82, 2.24) is 4.98 Å². The first-order valence-corrected chi connectivity index (χ1v) is 8.58. The monoisotopic (exact) mass is 333 g/mol. The van der Waals surface area contributed by atoms with Gasteiger partial charge >= 0.3 is 5.97 Å². The van der Waals surface area contributed by atoms with Gasteiger partial charge in [-0.1, -0.05) is 18.2 Å². The Labute approximate surface area is 146 Å². The first-order valence-electron chi connectivity index (χ1n) is 8.58. The Morgan fingerprint density at radius 3 is 2.68 bits per heavy atom. The molecule has 126 valence electrons. The van der Waals surface area contributed by atoms with Crippen LogP contribution in [0.1, 0.15) is 18.1 Å². The van der Waals surface area contributed by atoms with Crippen molar-refractivity contribution >= 4 is 38.5 Å². The van der Waals surface area contributed by atoms with Crippen LogP contribution in [0.15, 0.2) is 42.7 Å². The van der Waals surface area contributed by atoms with E-state index >= 15 is 0 Å². The summed E-state index contributed by atoms with van der Waals surface area (Å²) < 4.78 is 6.96. The number of hydrogen-bond acceptors (Lipinski definition) is 2. The summed E-state index contributed by atoms with van der Waals surface area (Å²) in [6, 6.07) is 10.5. The van der Waals surface area contributed by atoms with E-state index in [4.69, 9.17) is 4.74 Å². The molecule has 0 unspecified atom stereocenters.